The van der Waals surface area contributed by atoms with Crippen molar-refractivity contribution >= 4 is 39.7 Å². The Kier molecular flexibility index (Phi) is 16.5. The molecule has 60 heavy (non-hydrogen) atoms. The summed E-state index contributed by atoms with van der Waals surface area (Å²) < 4.78 is 37.8. The highest BCUT2D eigenvalue weighted by molar-refractivity contribution is 7.87. The Balaban J connectivity index is 1.90. The van der Waals surface area contributed by atoms with Crippen molar-refractivity contribution in [3.63, 3.8) is 0 Å². The van der Waals surface area contributed by atoms with Gasteiger partial charge in [0.05, 0.1) is 6.07 Å². The lowest BCUT2D eigenvalue weighted by Crippen LogP contribution is -2.56. The second-order valence-electron chi connectivity index (χ2n) is 14.2. The first-order valence-electron chi connectivity index (χ1n) is 19.1. The maximum atomic E-state index is 14.6. The van der Waals surface area contributed by atoms with Crippen LogP contribution in [-0.4, -0.2) is 107 Å². The molecule has 1 aliphatic heterocycles. The summed E-state index contributed by atoms with van der Waals surface area (Å²) in [7, 11) is -2.86. The van der Waals surface area contributed by atoms with Gasteiger partial charge in [-0.15, -0.1) is 0 Å². The fraction of sp³-hybridized carbons (Fsp3) is 0.400. The van der Waals surface area contributed by atoms with Crippen LogP contribution in [0.3, 0.4) is 0 Å². The van der Waals surface area contributed by atoms with Crippen LogP contribution in [0, 0.1) is 25.2 Å². The summed E-state index contributed by atoms with van der Waals surface area (Å²) in [6.45, 7) is 4.86. The van der Waals surface area contributed by atoms with Gasteiger partial charge in [-0.3, -0.25) is 24.0 Å². The molecule has 20 heteroatoms. The van der Waals surface area contributed by atoms with Crippen LogP contribution >= 0.6 is 0 Å². The molecule has 0 saturated heterocycles. The molecule has 0 fully saturated rings. The fourth-order valence-electron chi connectivity index (χ4n) is 6.61. The number of hydrogen-bond donors (Lipinski definition) is 8. The van der Waals surface area contributed by atoms with Crippen LogP contribution in [-0.2, 0) is 35.8 Å². The number of nitrogens with two attached hydrogens (primary N) is 3. The first-order valence-corrected chi connectivity index (χ1v) is 20.6. The van der Waals surface area contributed by atoms with Gasteiger partial charge in [-0.25, -0.2) is 9.86 Å². The van der Waals surface area contributed by atoms with Crippen molar-refractivity contribution in [1.82, 2.24) is 30.9 Å². The highest BCUT2D eigenvalue weighted by Crippen LogP contribution is 2.40. The third-order valence-electron chi connectivity index (χ3n) is 9.52. The molecule has 1 aliphatic rings. The first kappa shape index (κ1) is 46.6. The van der Waals surface area contributed by atoms with Gasteiger partial charge in [0.15, 0.2) is 0 Å². The molecule has 4 rings (SSSR count). The van der Waals surface area contributed by atoms with Crippen molar-refractivity contribution in [2.75, 3.05) is 46.4 Å². The van der Waals surface area contributed by atoms with Gasteiger partial charge in [-0.1, -0.05) is 29.8 Å². The fourth-order valence-corrected chi connectivity index (χ4v) is 7.02. The van der Waals surface area contributed by atoms with Crippen LogP contribution in [0.5, 0.6) is 11.5 Å². The van der Waals surface area contributed by atoms with E-state index in [1.165, 1.54) is 14.0 Å². The summed E-state index contributed by atoms with van der Waals surface area (Å²) in [5, 5.41) is 24.8. The van der Waals surface area contributed by atoms with Crippen molar-refractivity contribution in [2.45, 2.75) is 57.8 Å². The lowest BCUT2D eigenvalue weighted by Gasteiger charge is -2.33. The molecule has 0 radical (unpaired) electrons. The number of likely N-dealkylation sites (N-methyl/N-ethyl adjacent to an activating group) is 1. The quantitative estimate of drug-likeness (QED) is 0.0832. The number of amides is 5. The number of nitriles is 1. The standard InChI is InChI=1S/C40H52N10O9S/c1-23-5-8-28(24(2)19-23)37(52)48-31(11-15-46-60(44,56)57)40(55)50(4)35-27-7-10-34(59-18-14-43)30(22-27)29-20-26(6-9-33(29)58-17-13-42)21-32(38(53)45-16-12-41)49-36(51)25(3)47-39(35)54/h5-10,19-20,22,25,31-32,35,46H,11,13-18,21,42-43H2,1-4H3,(H,45,53)(H,47,54)(H,48,52)(H,49,51)(H2,44,56,57)/t25-,31-,32-,35-/m0/s1. The van der Waals surface area contributed by atoms with Gasteiger partial charge < -0.3 is 47.1 Å². The second kappa shape index (κ2) is 21.2. The molecule has 3 aromatic rings. The Morgan fingerprint density at radius 2 is 1.60 bits per heavy atom. The summed E-state index contributed by atoms with van der Waals surface area (Å²) in [5.41, 5.74) is 15.1. The molecule has 1 heterocycles. The Morgan fingerprint density at radius 1 is 0.950 bits per heavy atom. The zero-order valence-electron chi connectivity index (χ0n) is 33.9. The molecule has 0 aliphatic carbocycles. The van der Waals surface area contributed by atoms with Gasteiger partial charge in [0, 0.05) is 49.8 Å². The van der Waals surface area contributed by atoms with E-state index in [0.717, 1.165) is 10.5 Å². The molecular formula is C40H52N10O9S. The molecule has 0 spiro atoms. The molecule has 19 nitrogen and oxygen atoms in total. The number of rotatable bonds is 16. The number of hydrogen-bond acceptors (Lipinski definition) is 12. The highest BCUT2D eigenvalue weighted by Gasteiger charge is 2.36. The molecule has 0 aromatic heterocycles. The maximum absolute atomic E-state index is 14.6. The van der Waals surface area contributed by atoms with Crippen LogP contribution in [0.2, 0.25) is 0 Å². The number of ether oxygens (including phenoxy) is 2. The van der Waals surface area contributed by atoms with E-state index in [1.54, 1.807) is 61.5 Å². The number of benzene rings is 3. The van der Waals surface area contributed by atoms with Crippen LogP contribution < -0.4 is 52.1 Å². The van der Waals surface area contributed by atoms with Gasteiger partial charge in [0.1, 0.15) is 55.4 Å². The van der Waals surface area contributed by atoms with Crippen LogP contribution in [0.1, 0.15) is 52.0 Å². The average Bonchev–Trinajstić information content (AvgIpc) is 3.19. The van der Waals surface area contributed by atoms with Crippen LogP contribution in [0.4, 0.5) is 0 Å². The summed E-state index contributed by atoms with van der Waals surface area (Å²) >= 11 is 0. The van der Waals surface area contributed by atoms with Crippen molar-refractivity contribution < 1.29 is 41.9 Å². The molecule has 5 amide bonds. The third kappa shape index (κ3) is 12.5. The molecular weight excluding hydrogens is 797 g/mol. The van der Waals surface area contributed by atoms with E-state index in [0.29, 0.717) is 33.8 Å². The summed E-state index contributed by atoms with van der Waals surface area (Å²) in [5.74, 6) is -2.95. The smallest absolute Gasteiger partial charge is 0.274 e. The molecule has 3 aromatic carbocycles. The minimum atomic E-state index is -4.18. The van der Waals surface area contributed by atoms with E-state index in [-0.39, 0.29) is 63.4 Å². The van der Waals surface area contributed by atoms with Crippen molar-refractivity contribution in [2.24, 2.45) is 16.6 Å². The Hall–Kier alpha value is -6.11. The maximum Gasteiger partial charge on any atom is 0.274 e. The monoisotopic (exact) mass is 848 g/mol. The van der Waals surface area contributed by atoms with E-state index in [1.807, 2.05) is 13.0 Å². The van der Waals surface area contributed by atoms with Gasteiger partial charge in [0.2, 0.25) is 23.6 Å². The van der Waals surface area contributed by atoms with Crippen LogP contribution in [0.15, 0.2) is 54.6 Å². The third-order valence-corrected chi connectivity index (χ3v) is 10.1. The number of nitrogens with zero attached hydrogens (tertiary/aromatic N) is 2. The molecule has 4 bridgehead atoms. The molecule has 0 saturated carbocycles. The van der Waals surface area contributed by atoms with Gasteiger partial charge in [-0.05, 0) is 74.2 Å². The van der Waals surface area contributed by atoms with Gasteiger partial charge in [0.25, 0.3) is 16.1 Å². The highest BCUT2D eigenvalue weighted by atomic mass is 32.2. The summed E-state index contributed by atoms with van der Waals surface area (Å²) in [4.78, 5) is 70.7. The molecule has 0 unspecified atom stereocenters. The summed E-state index contributed by atoms with van der Waals surface area (Å²) in [6, 6.07) is 11.5. The predicted molar refractivity (Wildman–Crippen MR) is 221 cm³/mol. The molecule has 11 N–H and O–H groups in total. The normalized spacial score (nSPS) is 17.1. The predicted octanol–water partition coefficient (Wildman–Crippen LogP) is -0.688. The largest absolute Gasteiger partial charge is 0.492 e. The van der Waals surface area contributed by atoms with Crippen molar-refractivity contribution in [3.05, 3.63) is 82.4 Å². The number of carbonyl (C=O) groups excluding carboxylic acids is 5. The van der Waals surface area contributed by atoms with E-state index in [9.17, 15) is 32.4 Å². The number of aryl methyl sites for hydroxylation is 2. The zero-order chi connectivity index (χ0) is 44.1. The average molecular weight is 849 g/mol. The minimum absolute atomic E-state index is 0.0259. The molecule has 4 atom stereocenters. The second-order valence-corrected chi connectivity index (χ2v) is 15.5. The lowest BCUT2D eigenvalue weighted by molar-refractivity contribution is -0.141. The lowest BCUT2D eigenvalue weighted by atomic mass is 9.93. The SMILES string of the molecule is Cc1ccc(C(=O)N[C@@H](CCNS(N)(=O)=O)C(=O)N(C)[C@@H]2C(=O)N[C@@H](C)C(=O)N[C@H](C(=O)NCC#N)Cc3ccc(OCCN)c(c3)-c3cc2ccc3OCCN)c(C)c1. The Labute approximate surface area is 348 Å². The Morgan fingerprint density at radius 3 is 2.22 bits per heavy atom. The number of nitrogens with one attached hydrogen (secondary N) is 5. The molecule has 322 valence electrons. The number of fused-ring (bicyclic) bond motifs is 5. The van der Waals surface area contributed by atoms with Crippen molar-refractivity contribution in [1.29, 1.82) is 5.26 Å². The minimum Gasteiger partial charge on any atom is -0.492 e. The van der Waals surface area contributed by atoms with Crippen LogP contribution in [0.25, 0.3) is 11.1 Å². The van der Waals surface area contributed by atoms with E-state index < -0.39 is 63.9 Å². The zero-order valence-corrected chi connectivity index (χ0v) is 34.7. The first-order chi connectivity index (χ1) is 28.5. The van der Waals surface area contributed by atoms with E-state index in [4.69, 9.17) is 31.3 Å². The topological polar surface area (TPSA) is 303 Å². The van der Waals surface area contributed by atoms with E-state index >= 15 is 0 Å². The van der Waals surface area contributed by atoms with Crippen molar-refractivity contribution in [3.8, 4) is 28.7 Å². The summed E-state index contributed by atoms with van der Waals surface area (Å²) in [6.07, 6.45) is -0.299. The Bertz CT molecular complexity index is 2230. The number of carbonyl (C=O) groups is 5. The van der Waals surface area contributed by atoms with Gasteiger partial charge >= 0.3 is 0 Å². The van der Waals surface area contributed by atoms with E-state index in [2.05, 4.69) is 26.0 Å². The van der Waals surface area contributed by atoms with Gasteiger partial charge in [-0.2, -0.15) is 13.7 Å².